The number of alkyl halides is 2. The molecule has 0 N–H and O–H groups in total. The van der Waals surface area contributed by atoms with Crippen molar-refractivity contribution in [2.45, 2.75) is 24.2 Å². The molecule has 0 aromatic rings. The highest BCUT2D eigenvalue weighted by molar-refractivity contribution is 14.1. The Morgan fingerprint density at radius 2 is 2.17 bits per heavy atom. The van der Waals surface area contributed by atoms with Gasteiger partial charge >= 0.3 is 5.97 Å². The van der Waals surface area contributed by atoms with E-state index in [1.54, 1.807) is 0 Å². The third-order valence-electron chi connectivity index (χ3n) is 1.58. The standard InChI is InChI=1S/C8H14I2O2/c1-3-12-8(11)4-7(5-9)6(2)10/h6-7H,3-5H2,1-2H3. The average molecular weight is 396 g/mol. The van der Waals surface area contributed by atoms with Crippen LogP contribution in [-0.4, -0.2) is 20.9 Å². The summed E-state index contributed by atoms with van der Waals surface area (Å²) in [6, 6.07) is 0. The molecule has 0 amide bonds. The van der Waals surface area contributed by atoms with E-state index in [9.17, 15) is 4.79 Å². The van der Waals surface area contributed by atoms with Crippen molar-refractivity contribution in [1.29, 1.82) is 0 Å². The fourth-order valence-corrected chi connectivity index (χ4v) is 3.33. The van der Waals surface area contributed by atoms with Crippen LogP contribution < -0.4 is 0 Å². The highest BCUT2D eigenvalue weighted by atomic mass is 127. The van der Waals surface area contributed by atoms with Crippen molar-refractivity contribution in [2.75, 3.05) is 11.0 Å². The molecule has 2 atom stereocenters. The highest BCUT2D eigenvalue weighted by Crippen LogP contribution is 2.19. The second kappa shape index (κ2) is 7.34. The Morgan fingerprint density at radius 3 is 2.50 bits per heavy atom. The third kappa shape index (κ3) is 5.55. The molecule has 0 saturated heterocycles. The number of carbonyl (C=O) groups is 1. The van der Waals surface area contributed by atoms with Gasteiger partial charge in [-0.05, 0) is 12.8 Å². The Balaban J connectivity index is 3.77. The van der Waals surface area contributed by atoms with E-state index in [0.29, 0.717) is 22.9 Å². The van der Waals surface area contributed by atoms with Crippen LogP contribution in [0.4, 0.5) is 0 Å². The van der Waals surface area contributed by atoms with Crippen molar-refractivity contribution in [2.24, 2.45) is 5.92 Å². The molecule has 0 bridgehead atoms. The lowest BCUT2D eigenvalue weighted by Crippen LogP contribution is -2.18. The fraction of sp³-hybridized carbons (Fsp3) is 0.875. The van der Waals surface area contributed by atoms with Gasteiger partial charge in [0.05, 0.1) is 13.0 Å². The third-order valence-corrected chi connectivity index (χ3v) is 3.73. The van der Waals surface area contributed by atoms with Gasteiger partial charge in [0, 0.05) is 8.35 Å². The molecule has 0 rings (SSSR count). The van der Waals surface area contributed by atoms with Gasteiger partial charge < -0.3 is 4.74 Å². The van der Waals surface area contributed by atoms with Crippen molar-refractivity contribution in [3.05, 3.63) is 0 Å². The van der Waals surface area contributed by atoms with Crippen LogP contribution in [0, 0.1) is 5.92 Å². The predicted octanol–water partition coefficient (Wildman–Crippen LogP) is 2.81. The molecule has 72 valence electrons. The van der Waals surface area contributed by atoms with Gasteiger partial charge in [-0.1, -0.05) is 52.1 Å². The predicted molar refractivity (Wildman–Crippen MR) is 67.1 cm³/mol. The van der Waals surface area contributed by atoms with Gasteiger partial charge in [0.2, 0.25) is 0 Å². The molecule has 0 radical (unpaired) electrons. The molecule has 0 aliphatic carbocycles. The van der Waals surface area contributed by atoms with Gasteiger partial charge in [-0.15, -0.1) is 0 Å². The molecule has 0 fully saturated rings. The lowest BCUT2D eigenvalue weighted by atomic mass is 10.1. The Hall–Kier alpha value is 0.930. The Bertz CT molecular complexity index is 137. The lowest BCUT2D eigenvalue weighted by Gasteiger charge is -2.15. The number of rotatable bonds is 5. The monoisotopic (exact) mass is 396 g/mol. The summed E-state index contributed by atoms with van der Waals surface area (Å²) in [5.41, 5.74) is 0. The first-order chi connectivity index (χ1) is 5.61. The molecular formula is C8H14I2O2. The smallest absolute Gasteiger partial charge is 0.306 e. The summed E-state index contributed by atoms with van der Waals surface area (Å²) >= 11 is 4.67. The molecule has 2 nitrogen and oxygen atoms in total. The van der Waals surface area contributed by atoms with Gasteiger partial charge in [0.1, 0.15) is 0 Å². The van der Waals surface area contributed by atoms with Crippen molar-refractivity contribution < 1.29 is 9.53 Å². The largest absolute Gasteiger partial charge is 0.466 e. The molecule has 0 aliphatic heterocycles. The summed E-state index contributed by atoms with van der Waals surface area (Å²) in [6.07, 6.45) is 0.556. The van der Waals surface area contributed by atoms with Gasteiger partial charge in [-0.2, -0.15) is 0 Å². The zero-order valence-electron chi connectivity index (χ0n) is 7.35. The van der Waals surface area contributed by atoms with E-state index in [0.717, 1.165) is 4.43 Å². The first kappa shape index (κ1) is 12.9. The molecule has 0 spiro atoms. The molecule has 0 aliphatic rings. The van der Waals surface area contributed by atoms with Crippen LogP contribution in [0.15, 0.2) is 0 Å². The zero-order valence-corrected chi connectivity index (χ0v) is 11.7. The number of halogens is 2. The summed E-state index contributed by atoms with van der Waals surface area (Å²) in [5.74, 6) is 0.382. The quantitative estimate of drug-likeness (QED) is 0.406. The molecule has 0 aromatic carbocycles. The van der Waals surface area contributed by atoms with Crippen LogP contribution in [0.5, 0.6) is 0 Å². The van der Waals surface area contributed by atoms with Crippen LogP contribution >= 0.6 is 45.2 Å². The van der Waals surface area contributed by atoms with Gasteiger partial charge in [0.15, 0.2) is 0 Å². The summed E-state index contributed by atoms with van der Waals surface area (Å²) in [6.45, 7) is 4.45. The number of hydrogen-bond donors (Lipinski definition) is 0. The summed E-state index contributed by atoms with van der Waals surface area (Å²) in [5, 5.41) is 0. The Labute approximate surface area is 101 Å². The van der Waals surface area contributed by atoms with Crippen LogP contribution in [0.1, 0.15) is 20.3 Å². The van der Waals surface area contributed by atoms with Crippen molar-refractivity contribution >= 4 is 51.2 Å². The van der Waals surface area contributed by atoms with E-state index in [2.05, 4.69) is 52.1 Å². The van der Waals surface area contributed by atoms with E-state index in [4.69, 9.17) is 4.74 Å². The topological polar surface area (TPSA) is 26.3 Å². The average Bonchev–Trinajstić information content (AvgIpc) is 2.00. The van der Waals surface area contributed by atoms with Gasteiger partial charge in [-0.25, -0.2) is 0 Å². The SMILES string of the molecule is CCOC(=O)CC(CI)C(C)I. The number of ether oxygens (including phenoxy) is 1. The van der Waals surface area contributed by atoms with Crippen LogP contribution in [-0.2, 0) is 9.53 Å². The number of hydrogen-bond acceptors (Lipinski definition) is 2. The molecule has 0 heterocycles. The van der Waals surface area contributed by atoms with E-state index < -0.39 is 0 Å². The highest BCUT2D eigenvalue weighted by Gasteiger charge is 2.17. The second-order valence-corrected chi connectivity index (χ2v) is 5.45. The first-order valence-electron chi connectivity index (χ1n) is 3.97. The van der Waals surface area contributed by atoms with Gasteiger partial charge in [-0.3, -0.25) is 4.79 Å². The zero-order chi connectivity index (χ0) is 9.56. The second-order valence-electron chi connectivity index (χ2n) is 2.60. The minimum atomic E-state index is -0.0670. The van der Waals surface area contributed by atoms with Crippen LogP contribution in [0.25, 0.3) is 0 Å². The Kier molecular flexibility index (Phi) is 7.91. The van der Waals surface area contributed by atoms with Crippen LogP contribution in [0.2, 0.25) is 0 Å². The lowest BCUT2D eigenvalue weighted by molar-refractivity contribution is -0.143. The summed E-state index contributed by atoms with van der Waals surface area (Å²) in [4.78, 5) is 11.1. The van der Waals surface area contributed by atoms with Crippen molar-refractivity contribution in [1.82, 2.24) is 0 Å². The maximum atomic E-state index is 11.1. The molecule has 12 heavy (non-hydrogen) atoms. The number of carbonyl (C=O) groups excluding carboxylic acids is 1. The van der Waals surface area contributed by atoms with E-state index in [-0.39, 0.29) is 5.97 Å². The van der Waals surface area contributed by atoms with E-state index in [1.807, 2.05) is 6.92 Å². The first-order valence-corrected chi connectivity index (χ1v) is 6.74. The van der Waals surface area contributed by atoms with E-state index >= 15 is 0 Å². The maximum Gasteiger partial charge on any atom is 0.306 e. The molecule has 0 aromatic heterocycles. The summed E-state index contributed by atoms with van der Waals surface area (Å²) in [7, 11) is 0. The van der Waals surface area contributed by atoms with E-state index in [1.165, 1.54) is 0 Å². The van der Waals surface area contributed by atoms with Gasteiger partial charge in [0.25, 0.3) is 0 Å². The molecule has 4 heteroatoms. The normalized spacial score (nSPS) is 15.3. The maximum absolute atomic E-state index is 11.1. The number of esters is 1. The minimum absolute atomic E-state index is 0.0670. The molecule has 0 saturated carbocycles. The summed E-state index contributed by atoms with van der Waals surface area (Å²) < 4.78 is 6.42. The fourth-order valence-electron chi connectivity index (χ4n) is 0.774. The van der Waals surface area contributed by atoms with Crippen molar-refractivity contribution in [3.8, 4) is 0 Å². The van der Waals surface area contributed by atoms with Crippen molar-refractivity contribution in [3.63, 3.8) is 0 Å². The Morgan fingerprint density at radius 1 is 1.58 bits per heavy atom. The molecular weight excluding hydrogens is 382 g/mol. The minimum Gasteiger partial charge on any atom is -0.466 e. The van der Waals surface area contributed by atoms with Crippen LogP contribution in [0.3, 0.4) is 0 Å². The molecule has 2 unspecified atom stereocenters.